The molecule has 4 aromatic rings. The van der Waals surface area contributed by atoms with Gasteiger partial charge in [0.1, 0.15) is 5.69 Å². The van der Waals surface area contributed by atoms with E-state index in [9.17, 15) is 0 Å². The fraction of sp³-hybridized carbons (Fsp3) is 0. The molecule has 0 amide bonds. The molecule has 0 radical (unpaired) electrons. The van der Waals surface area contributed by atoms with Crippen LogP contribution in [0.15, 0.2) is 94.7 Å². The molecule has 4 nitrogen and oxygen atoms in total. The van der Waals surface area contributed by atoms with Gasteiger partial charge in [-0.3, -0.25) is 4.99 Å². The van der Waals surface area contributed by atoms with Crippen LogP contribution in [0.2, 0.25) is 0 Å². The second kappa shape index (κ2) is 6.38. The van der Waals surface area contributed by atoms with E-state index >= 15 is 0 Å². The molecule has 0 saturated heterocycles. The Balaban J connectivity index is 1.77. The zero-order chi connectivity index (χ0) is 16.2. The third-order valence-corrected chi connectivity index (χ3v) is 3.63. The third kappa shape index (κ3) is 2.90. The standard InChI is InChI=1S/C20H15N3O/c1-3-8-17(9-4-1)21-14-16-15-23(18-10-5-2-6-11-18)22-20(16)19-12-7-13-24-19/h1-15H. The van der Waals surface area contributed by atoms with E-state index in [1.165, 1.54) is 0 Å². The Morgan fingerprint density at radius 1 is 0.875 bits per heavy atom. The Morgan fingerprint density at radius 2 is 1.62 bits per heavy atom. The minimum atomic E-state index is 0.721. The number of aromatic nitrogens is 2. The molecule has 2 aromatic carbocycles. The SMILES string of the molecule is C(=Nc1ccccc1)c1cn(-c2ccccc2)nc1-c1ccco1. The molecule has 0 atom stereocenters. The molecule has 4 rings (SSSR count). The molecule has 0 N–H and O–H groups in total. The monoisotopic (exact) mass is 313 g/mol. The van der Waals surface area contributed by atoms with Gasteiger partial charge in [-0.1, -0.05) is 36.4 Å². The van der Waals surface area contributed by atoms with E-state index in [-0.39, 0.29) is 0 Å². The summed E-state index contributed by atoms with van der Waals surface area (Å²) in [5.41, 5.74) is 3.56. The summed E-state index contributed by atoms with van der Waals surface area (Å²) in [7, 11) is 0. The van der Waals surface area contributed by atoms with Gasteiger partial charge in [-0.2, -0.15) is 5.10 Å². The Kier molecular flexibility index (Phi) is 3.78. The second-order valence-electron chi connectivity index (χ2n) is 5.28. The molecule has 0 fully saturated rings. The first kappa shape index (κ1) is 14.2. The summed E-state index contributed by atoms with van der Waals surface area (Å²) in [5, 5.41) is 4.67. The van der Waals surface area contributed by atoms with Gasteiger partial charge < -0.3 is 4.42 Å². The third-order valence-electron chi connectivity index (χ3n) is 3.63. The number of para-hydroxylation sites is 2. The van der Waals surface area contributed by atoms with E-state index in [0.29, 0.717) is 0 Å². The Labute approximate surface area is 139 Å². The summed E-state index contributed by atoms with van der Waals surface area (Å²) < 4.78 is 7.36. The zero-order valence-corrected chi connectivity index (χ0v) is 12.9. The number of benzene rings is 2. The maximum Gasteiger partial charge on any atom is 0.154 e. The summed E-state index contributed by atoms with van der Waals surface area (Å²) in [6, 6.07) is 23.6. The molecule has 0 aliphatic heterocycles. The fourth-order valence-corrected chi connectivity index (χ4v) is 2.46. The van der Waals surface area contributed by atoms with Crippen LogP contribution in [0.5, 0.6) is 0 Å². The van der Waals surface area contributed by atoms with Crippen LogP contribution < -0.4 is 0 Å². The van der Waals surface area contributed by atoms with Crippen molar-refractivity contribution < 1.29 is 4.42 Å². The summed E-state index contributed by atoms with van der Waals surface area (Å²) in [5.74, 6) is 0.721. The van der Waals surface area contributed by atoms with Gasteiger partial charge >= 0.3 is 0 Å². The van der Waals surface area contributed by atoms with Crippen molar-refractivity contribution in [2.24, 2.45) is 4.99 Å². The van der Waals surface area contributed by atoms with Crippen molar-refractivity contribution in [1.82, 2.24) is 9.78 Å². The first-order chi connectivity index (χ1) is 11.9. The number of furan rings is 1. The van der Waals surface area contributed by atoms with Gasteiger partial charge in [0.15, 0.2) is 5.76 Å². The van der Waals surface area contributed by atoms with E-state index in [0.717, 1.165) is 28.4 Å². The lowest BCUT2D eigenvalue weighted by atomic mass is 10.2. The zero-order valence-electron chi connectivity index (χ0n) is 12.9. The van der Waals surface area contributed by atoms with Crippen molar-refractivity contribution in [2.45, 2.75) is 0 Å². The smallest absolute Gasteiger partial charge is 0.154 e. The minimum Gasteiger partial charge on any atom is -0.463 e. The number of hydrogen-bond acceptors (Lipinski definition) is 3. The average Bonchev–Trinajstić information content (AvgIpc) is 3.31. The molecule has 0 unspecified atom stereocenters. The molecular weight excluding hydrogens is 298 g/mol. The van der Waals surface area contributed by atoms with Crippen LogP contribution in [0.1, 0.15) is 5.56 Å². The molecule has 2 heterocycles. The van der Waals surface area contributed by atoms with Crippen LogP contribution in [-0.4, -0.2) is 16.0 Å². The lowest BCUT2D eigenvalue weighted by molar-refractivity contribution is 0.579. The molecule has 0 saturated carbocycles. The first-order valence-corrected chi connectivity index (χ1v) is 7.68. The topological polar surface area (TPSA) is 43.3 Å². The molecule has 4 heteroatoms. The van der Waals surface area contributed by atoms with Crippen molar-refractivity contribution in [3.8, 4) is 17.1 Å². The van der Waals surface area contributed by atoms with Gasteiger partial charge in [0.25, 0.3) is 0 Å². The van der Waals surface area contributed by atoms with Gasteiger partial charge in [-0.15, -0.1) is 0 Å². The highest BCUT2D eigenvalue weighted by Crippen LogP contribution is 2.23. The average molecular weight is 313 g/mol. The van der Waals surface area contributed by atoms with Gasteiger partial charge in [0.2, 0.25) is 0 Å². The Bertz CT molecular complexity index is 939. The highest BCUT2D eigenvalue weighted by molar-refractivity contribution is 5.89. The molecule has 116 valence electrons. The van der Waals surface area contributed by atoms with E-state index in [1.807, 2.05) is 89.9 Å². The van der Waals surface area contributed by atoms with E-state index < -0.39 is 0 Å². The minimum absolute atomic E-state index is 0.721. The Hall–Kier alpha value is -3.40. The Morgan fingerprint density at radius 3 is 2.33 bits per heavy atom. The molecule has 2 aromatic heterocycles. The van der Waals surface area contributed by atoms with Crippen LogP contribution in [0.25, 0.3) is 17.1 Å². The van der Waals surface area contributed by atoms with E-state index in [2.05, 4.69) is 10.1 Å². The van der Waals surface area contributed by atoms with Crippen LogP contribution in [-0.2, 0) is 0 Å². The second-order valence-corrected chi connectivity index (χ2v) is 5.28. The maximum absolute atomic E-state index is 5.52. The quantitative estimate of drug-likeness (QED) is 0.504. The van der Waals surface area contributed by atoms with Crippen LogP contribution in [0.3, 0.4) is 0 Å². The first-order valence-electron chi connectivity index (χ1n) is 7.68. The van der Waals surface area contributed by atoms with E-state index in [1.54, 1.807) is 6.26 Å². The molecule has 0 bridgehead atoms. The lowest BCUT2D eigenvalue weighted by Crippen LogP contribution is -1.93. The van der Waals surface area contributed by atoms with Crippen LogP contribution in [0, 0.1) is 0 Å². The van der Waals surface area contributed by atoms with Gasteiger partial charge in [0, 0.05) is 18.0 Å². The highest BCUT2D eigenvalue weighted by atomic mass is 16.3. The molecular formula is C20H15N3O. The highest BCUT2D eigenvalue weighted by Gasteiger charge is 2.13. The number of hydrogen-bond donors (Lipinski definition) is 0. The predicted octanol–water partition coefficient (Wildman–Crippen LogP) is 4.88. The van der Waals surface area contributed by atoms with Crippen molar-refractivity contribution >= 4 is 11.9 Å². The lowest BCUT2D eigenvalue weighted by Gasteiger charge is -1.98. The summed E-state index contributed by atoms with van der Waals surface area (Å²) in [4.78, 5) is 4.53. The van der Waals surface area contributed by atoms with Crippen molar-refractivity contribution in [1.29, 1.82) is 0 Å². The predicted molar refractivity (Wildman–Crippen MR) is 95.0 cm³/mol. The van der Waals surface area contributed by atoms with Crippen molar-refractivity contribution in [3.63, 3.8) is 0 Å². The largest absolute Gasteiger partial charge is 0.463 e. The van der Waals surface area contributed by atoms with Crippen molar-refractivity contribution in [3.05, 3.63) is 90.8 Å². The fourth-order valence-electron chi connectivity index (χ4n) is 2.46. The van der Waals surface area contributed by atoms with Crippen LogP contribution >= 0.6 is 0 Å². The summed E-state index contributed by atoms with van der Waals surface area (Å²) >= 11 is 0. The molecule has 24 heavy (non-hydrogen) atoms. The number of aliphatic imine (C=N–C) groups is 1. The van der Waals surface area contributed by atoms with Gasteiger partial charge in [-0.05, 0) is 36.4 Å². The maximum atomic E-state index is 5.52. The number of rotatable bonds is 4. The molecule has 0 aliphatic carbocycles. The molecule has 0 spiro atoms. The molecule has 0 aliphatic rings. The van der Waals surface area contributed by atoms with Gasteiger partial charge in [-0.25, -0.2) is 4.68 Å². The van der Waals surface area contributed by atoms with Gasteiger partial charge in [0.05, 0.1) is 17.6 Å². The van der Waals surface area contributed by atoms with Crippen molar-refractivity contribution in [2.75, 3.05) is 0 Å². The van der Waals surface area contributed by atoms with Crippen LogP contribution in [0.4, 0.5) is 5.69 Å². The number of nitrogens with zero attached hydrogens (tertiary/aromatic N) is 3. The normalized spacial score (nSPS) is 11.2. The van der Waals surface area contributed by atoms with E-state index in [4.69, 9.17) is 4.42 Å². The summed E-state index contributed by atoms with van der Waals surface area (Å²) in [6.07, 6.45) is 5.42. The summed E-state index contributed by atoms with van der Waals surface area (Å²) in [6.45, 7) is 0.